The van der Waals surface area contributed by atoms with E-state index in [4.69, 9.17) is 28.9 Å². The molecule has 0 spiro atoms. The van der Waals surface area contributed by atoms with Gasteiger partial charge >= 0.3 is 6.09 Å². The van der Waals surface area contributed by atoms with E-state index in [1.54, 1.807) is 11.0 Å². The summed E-state index contributed by atoms with van der Waals surface area (Å²) < 4.78 is 27.0. The number of fused-ring (bicyclic) bond motifs is 2. The first kappa shape index (κ1) is 43.0. The fourth-order valence-corrected chi connectivity index (χ4v) is 9.19. The van der Waals surface area contributed by atoms with Crippen molar-refractivity contribution in [3.05, 3.63) is 113 Å². The Morgan fingerprint density at radius 3 is 2.41 bits per heavy atom. The summed E-state index contributed by atoms with van der Waals surface area (Å²) in [4.78, 5) is 22.1. The minimum Gasteiger partial charge on any atom is -0.459 e. The van der Waals surface area contributed by atoms with E-state index < -0.39 is 23.8 Å². The zero-order chi connectivity index (χ0) is 41.1. The number of oxime groups is 1. The molecule has 2 N–H and O–H groups in total. The van der Waals surface area contributed by atoms with Gasteiger partial charge < -0.3 is 34.0 Å². The molecule has 312 valence electrons. The van der Waals surface area contributed by atoms with Crippen LogP contribution in [0.4, 0.5) is 4.79 Å². The molecule has 0 bridgehead atoms. The standard InChI is InChI=1S/C48H62N2O8/c1-6-24-50(47(53)54-32-35-16-10-9-11-17-35)44-31-42(49-56-8-3)40-29-36(18-12-14-25-51)39(19-13-15-26-52)45-41-30-38(57-37-21-20-33(4)34(5)28-37)22-23-43(41)58-48(44,46(40)45)55-27-7-2/h7,9-11,16-17,20-23,28-30,36,39,44-46,51-52H,2,6,8,12-15,18-19,24-27,31-32H2,1,3-5H3. The Kier molecular flexibility index (Phi) is 15.1. The van der Waals surface area contributed by atoms with Crippen LogP contribution in [-0.4, -0.2) is 71.7 Å². The predicted octanol–water partition coefficient (Wildman–Crippen LogP) is 9.80. The van der Waals surface area contributed by atoms with Crippen LogP contribution in [0, 0.1) is 31.6 Å². The zero-order valence-electron chi connectivity index (χ0n) is 34.7. The molecule has 10 heteroatoms. The maximum atomic E-state index is 14.4. The maximum absolute atomic E-state index is 14.4. The smallest absolute Gasteiger partial charge is 0.410 e. The number of hydrogen-bond acceptors (Lipinski definition) is 9. The Hall–Kier alpha value is -4.64. The summed E-state index contributed by atoms with van der Waals surface area (Å²) in [7, 11) is 0. The molecule has 0 saturated heterocycles. The third-order valence-electron chi connectivity index (χ3n) is 11.9. The van der Waals surface area contributed by atoms with Crippen molar-refractivity contribution in [3.63, 3.8) is 0 Å². The summed E-state index contributed by atoms with van der Waals surface area (Å²) in [5.74, 6) is 0.414. The van der Waals surface area contributed by atoms with Gasteiger partial charge in [0.15, 0.2) is 0 Å². The van der Waals surface area contributed by atoms with Gasteiger partial charge in [-0.1, -0.05) is 73.5 Å². The zero-order valence-corrected chi connectivity index (χ0v) is 34.7. The molecule has 6 atom stereocenters. The van der Waals surface area contributed by atoms with Crippen LogP contribution in [0.25, 0.3) is 0 Å². The van der Waals surface area contributed by atoms with Crippen molar-refractivity contribution in [1.29, 1.82) is 0 Å². The largest absolute Gasteiger partial charge is 0.459 e. The number of rotatable bonds is 20. The minimum absolute atomic E-state index is 0.0990. The number of aliphatic hydroxyl groups excluding tert-OH is 2. The summed E-state index contributed by atoms with van der Waals surface area (Å²) in [6.07, 6.45) is 9.39. The highest BCUT2D eigenvalue weighted by Gasteiger charge is 2.65. The lowest BCUT2D eigenvalue weighted by Gasteiger charge is -2.59. The summed E-state index contributed by atoms with van der Waals surface area (Å²) in [5, 5.41) is 24.6. The molecule has 10 nitrogen and oxygen atoms in total. The molecule has 1 saturated carbocycles. The number of carbonyl (C=O) groups is 1. The van der Waals surface area contributed by atoms with Gasteiger partial charge in [0.25, 0.3) is 0 Å². The number of ether oxygens (including phenoxy) is 4. The molecular weight excluding hydrogens is 733 g/mol. The maximum Gasteiger partial charge on any atom is 0.410 e. The van der Waals surface area contributed by atoms with E-state index in [0.717, 1.165) is 59.4 Å². The fraction of sp³-hybridized carbons (Fsp3) is 0.500. The molecule has 2 aliphatic carbocycles. The molecule has 3 aliphatic rings. The quantitative estimate of drug-likeness (QED) is 0.0660. The van der Waals surface area contributed by atoms with Crippen molar-refractivity contribution in [2.45, 2.75) is 103 Å². The third-order valence-corrected chi connectivity index (χ3v) is 11.9. The highest BCUT2D eigenvalue weighted by Crippen LogP contribution is 2.62. The first-order valence-corrected chi connectivity index (χ1v) is 21.2. The van der Waals surface area contributed by atoms with E-state index in [0.29, 0.717) is 50.3 Å². The average Bonchev–Trinajstić information content (AvgIpc) is 3.23. The number of aliphatic hydroxyl groups is 2. The van der Waals surface area contributed by atoms with Gasteiger partial charge in [-0.05, 0) is 117 Å². The molecule has 1 fully saturated rings. The van der Waals surface area contributed by atoms with E-state index in [9.17, 15) is 15.0 Å². The van der Waals surface area contributed by atoms with Crippen molar-refractivity contribution in [2.75, 3.05) is 33.0 Å². The Morgan fingerprint density at radius 2 is 1.71 bits per heavy atom. The average molecular weight is 795 g/mol. The SMILES string of the molecule is C=CCOC12Oc3ccc(Oc4ccc(C)c(C)c4)cc3C3C(CCCCO)C(CCCCO)C=C(C(=NOCC)CC1N(CCC)C(=O)OCc1ccccc1)C32. The monoisotopic (exact) mass is 794 g/mol. The Balaban J connectivity index is 1.55. The van der Waals surface area contributed by atoms with Gasteiger partial charge in [0.2, 0.25) is 5.79 Å². The number of nitrogens with zero attached hydrogens (tertiary/aromatic N) is 2. The summed E-state index contributed by atoms with van der Waals surface area (Å²) in [6, 6.07) is 21.2. The first-order valence-electron chi connectivity index (χ1n) is 21.2. The minimum atomic E-state index is -1.36. The van der Waals surface area contributed by atoms with Gasteiger partial charge in [-0.3, -0.25) is 4.90 Å². The predicted molar refractivity (Wildman–Crippen MR) is 226 cm³/mol. The van der Waals surface area contributed by atoms with Crippen LogP contribution in [0.3, 0.4) is 0 Å². The number of benzene rings is 3. The molecule has 1 heterocycles. The summed E-state index contributed by atoms with van der Waals surface area (Å²) in [6.45, 7) is 13.5. The van der Waals surface area contributed by atoms with Crippen molar-refractivity contribution < 1.29 is 38.8 Å². The highest BCUT2D eigenvalue weighted by atomic mass is 16.7. The van der Waals surface area contributed by atoms with Crippen molar-refractivity contribution in [3.8, 4) is 17.2 Å². The third kappa shape index (κ3) is 9.46. The second-order valence-corrected chi connectivity index (χ2v) is 15.8. The molecule has 3 aromatic carbocycles. The number of unbranched alkanes of at least 4 members (excludes halogenated alkanes) is 2. The molecule has 6 unspecified atom stereocenters. The Labute approximate surface area is 344 Å². The molecule has 3 aromatic rings. The number of carbonyl (C=O) groups excluding carboxylic acids is 1. The van der Waals surface area contributed by atoms with Gasteiger partial charge in [-0.15, -0.1) is 6.58 Å². The summed E-state index contributed by atoms with van der Waals surface area (Å²) >= 11 is 0. The van der Waals surface area contributed by atoms with E-state index in [1.165, 1.54) is 5.56 Å². The van der Waals surface area contributed by atoms with E-state index >= 15 is 0 Å². The normalized spacial score (nSPS) is 23.9. The van der Waals surface area contributed by atoms with Gasteiger partial charge in [-0.2, -0.15) is 0 Å². The van der Waals surface area contributed by atoms with Crippen LogP contribution in [-0.2, 0) is 20.9 Å². The number of allylic oxidation sites excluding steroid dienone is 1. The fourth-order valence-electron chi connectivity index (χ4n) is 9.19. The van der Waals surface area contributed by atoms with Crippen LogP contribution in [0.15, 0.2) is 96.2 Å². The molecule has 0 aromatic heterocycles. The van der Waals surface area contributed by atoms with Gasteiger partial charge in [-0.25, -0.2) is 4.79 Å². The van der Waals surface area contributed by atoms with Gasteiger partial charge in [0, 0.05) is 37.7 Å². The van der Waals surface area contributed by atoms with E-state index in [2.05, 4.69) is 44.7 Å². The first-order chi connectivity index (χ1) is 28.3. The van der Waals surface area contributed by atoms with Crippen LogP contribution in [0.1, 0.15) is 93.4 Å². The molecule has 58 heavy (non-hydrogen) atoms. The lowest BCUT2D eigenvalue weighted by Crippen LogP contribution is -2.70. The van der Waals surface area contributed by atoms with Crippen molar-refractivity contribution >= 4 is 11.8 Å². The number of hydrogen-bond donors (Lipinski definition) is 2. The van der Waals surface area contributed by atoms with Gasteiger partial charge in [0.1, 0.15) is 36.5 Å². The highest BCUT2D eigenvalue weighted by molar-refractivity contribution is 6.03. The molecule has 1 aliphatic heterocycles. The van der Waals surface area contributed by atoms with E-state index in [-0.39, 0.29) is 44.2 Å². The van der Waals surface area contributed by atoms with Crippen LogP contribution >= 0.6 is 0 Å². The molecule has 6 rings (SSSR count). The molecular formula is C48H62N2O8. The number of aryl methyl sites for hydroxylation is 2. The lowest BCUT2D eigenvalue weighted by molar-refractivity contribution is -0.255. The van der Waals surface area contributed by atoms with Crippen molar-refractivity contribution in [2.24, 2.45) is 22.9 Å². The van der Waals surface area contributed by atoms with Crippen molar-refractivity contribution in [1.82, 2.24) is 4.90 Å². The lowest BCUT2D eigenvalue weighted by atomic mass is 9.55. The topological polar surface area (TPSA) is 119 Å². The second kappa shape index (κ2) is 20.4. The Morgan fingerprint density at radius 1 is 0.966 bits per heavy atom. The molecule has 1 amide bonds. The van der Waals surface area contributed by atoms with E-state index in [1.807, 2.05) is 62.4 Å². The van der Waals surface area contributed by atoms with Crippen LogP contribution < -0.4 is 9.47 Å². The number of amides is 1. The summed E-state index contributed by atoms with van der Waals surface area (Å²) in [5.41, 5.74) is 5.98. The Bertz CT molecular complexity index is 1900. The van der Waals surface area contributed by atoms with Crippen LogP contribution in [0.5, 0.6) is 17.2 Å². The van der Waals surface area contributed by atoms with Crippen LogP contribution in [0.2, 0.25) is 0 Å². The molecule has 0 radical (unpaired) electrons. The van der Waals surface area contributed by atoms with Gasteiger partial charge in [0.05, 0.1) is 18.2 Å². The second-order valence-electron chi connectivity index (χ2n) is 15.8.